The van der Waals surface area contributed by atoms with E-state index in [4.69, 9.17) is 5.73 Å². The Kier molecular flexibility index (Phi) is 4.69. The van der Waals surface area contributed by atoms with E-state index in [1.165, 1.54) is 25.1 Å². The van der Waals surface area contributed by atoms with E-state index in [-0.39, 0.29) is 11.4 Å². The number of hydrogen-bond acceptors (Lipinski definition) is 3. The van der Waals surface area contributed by atoms with Crippen LogP contribution in [0.2, 0.25) is 0 Å². The topological polar surface area (TPSA) is 72.5 Å². The van der Waals surface area contributed by atoms with E-state index in [9.17, 15) is 18.7 Å². The summed E-state index contributed by atoms with van der Waals surface area (Å²) in [5.74, 6) is -1.14. The van der Waals surface area contributed by atoms with E-state index in [1.807, 2.05) is 6.92 Å². The molecule has 1 atom stereocenters. The number of rotatable bonds is 6. The van der Waals surface area contributed by atoms with Crippen molar-refractivity contribution in [1.82, 2.24) is 0 Å². The van der Waals surface area contributed by atoms with Crippen molar-refractivity contribution in [2.24, 2.45) is 0 Å². The molecule has 0 aliphatic rings. The molecule has 1 aromatic rings. The average Bonchev–Trinajstić information content (AvgIpc) is 2.31. The van der Waals surface area contributed by atoms with E-state index in [0.717, 1.165) is 0 Å². The smallest absolute Gasteiger partial charge is 0.387 e. The van der Waals surface area contributed by atoms with Gasteiger partial charge in [-0.25, -0.2) is 0 Å². The highest BCUT2D eigenvalue weighted by Gasteiger charge is 2.36. The third-order valence-electron chi connectivity index (χ3n) is 3.07. The van der Waals surface area contributed by atoms with Crippen LogP contribution in [0, 0.1) is 0 Å². The molecule has 0 fully saturated rings. The molecule has 0 heterocycles. The maximum absolute atomic E-state index is 12.2. The van der Waals surface area contributed by atoms with Gasteiger partial charge in [0.05, 0.1) is 5.41 Å². The number of carboxylic acid groups (broad SMARTS) is 1. The Bertz CT molecular complexity index is 465. The lowest BCUT2D eigenvalue weighted by atomic mass is 9.78. The molecule has 0 spiro atoms. The highest BCUT2D eigenvalue weighted by Crippen LogP contribution is 2.36. The Balaban J connectivity index is 3.25. The van der Waals surface area contributed by atoms with Gasteiger partial charge in [0, 0.05) is 5.69 Å². The molecule has 1 rings (SSSR count). The Morgan fingerprint density at radius 3 is 2.63 bits per heavy atom. The zero-order chi connectivity index (χ0) is 14.6. The molecule has 1 unspecified atom stereocenters. The van der Waals surface area contributed by atoms with Gasteiger partial charge in [-0.1, -0.05) is 13.3 Å². The molecule has 0 aliphatic carbocycles. The minimum atomic E-state index is -2.96. The number of halogens is 2. The fourth-order valence-electron chi connectivity index (χ4n) is 2.05. The quantitative estimate of drug-likeness (QED) is 0.781. The summed E-state index contributed by atoms with van der Waals surface area (Å²) in [6, 6.07) is 3.94. The summed E-state index contributed by atoms with van der Waals surface area (Å²) >= 11 is 0. The van der Waals surface area contributed by atoms with E-state index in [1.54, 1.807) is 0 Å². The second-order valence-electron chi connectivity index (χ2n) is 4.51. The number of alkyl halides is 2. The van der Waals surface area contributed by atoms with E-state index in [0.29, 0.717) is 18.4 Å². The van der Waals surface area contributed by atoms with E-state index in [2.05, 4.69) is 4.74 Å². The standard InChI is InChI=1S/C13H17F2NO3/c1-3-6-13(2,11(17)18)9-7-8(19-12(14)15)4-5-10(9)16/h4-5,7,12H,3,6,16H2,1-2H3,(H,17,18). The first-order valence-electron chi connectivity index (χ1n) is 5.89. The average molecular weight is 273 g/mol. The summed E-state index contributed by atoms with van der Waals surface area (Å²) in [6.45, 7) is 0.409. The van der Waals surface area contributed by atoms with Gasteiger partial charge >= 0.3 is 12.6 Å². The lowest BCUT2D eigenvalue weighted by Gasteiger charge is -2.26. The summed E-state index contributed by atoms with van der Waals surface area (Å²) in [5.41, 5.74) is 5.09. The molecule has 0 amide bonds. The van der Waals surface area contributed by atoms with Crippen LogP contribution in [0.15, 0.2) is 18.2 Å². The summed E-state index contributed by atoms with van der Waals surface area (Å²) in [6.07, 6.45) is 0.979. The fraction of sp³-hybridized carbons (Fsp3) is 0.462. The van der Waals surface area contributed by atoms with Crippen molar-refractivity contribution in [2.45, 2.75) is 38.7 Å². The van der Waals surface area contributed by atoms with Crippen molar-refractivity contribution in [2.75, 3.05) is 5.73 Å². The highest BCUT2D eigenvalue weighted by atomic mass is 19.3. The maximum Gasteiger partial charge on any atom is 0.387 e. The Hall–Kier alpha value is -1.85. The monoisotopic (exact) mass is 273 g/mol. The predicted octanol–water partition coefficient (Wildman–Crippen LogP) is 3.01. The van der Waals surface area contributed by atoms with Gasteiger partial charge in [0.2, 0.25) is 0 Å². The number of aliphatic carboxylic acids is 1. The molecule has 0 saturated carbocycles. The van der Waals surface area contributed by atoms with Crippen LogP contribution in [0.25, 0.3) is 0 Å². The number of ether oxygens (including phenoxy) is 1. The molecule has 0 bridgehead atoms. The molecule has 0 aliphatic heterocycles. The van der Waals surface area contributed by atoms with Crippen molar-refractivity contribution < 1.29 is 23.4 Å². The van der Waals surface area contributed by atoms with Crippen LogP contribution in [0.3, 0.4) is 0 Å². The number of benzene rings is 1. The van der Waals surface area contributed by atoms with Crippen molar-refractivity contribution in [3.63, 3.8) is 0 Å². The normalized spacial score (nSPS) is 14.2. The molecule has 1 aromatic carbocycles. The largest absolute Gasteiger partial charge is 0.481 e. The first-order valence-corrected chi connectivity index (χ1v) is 5.89. The van der Waals surface area contributed by atoms with Crippen molar-refractivity contribution in [3.05, 3.63) is 23.8 Å². The van der Waals surface area contributed by atoms with E-state index < -0.39 is 18.0 Å². The number of anilines is 1. The Morgan fingerprint density at radius 2 is 2.16 bits per heavy atom. The van der Waals surface area contributed by atoms with Crippen LogP contribution >= 0.6 is 0 Å². The van der Waals surface area contributed by atoms with Crippen LogP contribution in [0.5, 0.6) is 5.75 Å². The van der Waals surface area contributed by atoms with Gasteiger partial charge in [0.25, 0.3) is 0 Å². The lowest BCUT2D eigenvalue weighted by molar-refractivity contribution is -0.143. The van der Waals surface area contributed by atoms with Gasteiger partial charge in [-0.3, -0.25) is 4.79 Å². The number of carbonyl (C=O) groups is 1. The van der Waals surface area contributed by atoms with Crippen LogP contribution in [0.4, 0.5) is 14.5 Å². The molecule has 4 nitrogen and oxygen atoms in total. The van der Waals surface area contributed by atoms with Crippen LogP contribution in [-0.2, 0) is 10.2 Å². The Labute approximate surface area is 110 Å². The summed E-state index contributed by atoms with van der Waals surface area (Å²) in [4.78, 5) is 11.5. The lowest BCUT2D eigenvalue weighted by Crippen LogP contribution is -2.33. The van der Waals surface area contributed by atoms with Crippen molar-refractivity contribution in [3.8, 4) is 5.75 Å². The number of nitrogen functional groups attached to an aromatic ring is 1. The zero-order valence-electron chi connectivity index (χ0n) is 10.8. The second kappa shape index (κ2) is 5.86. The van der Waals surface area contributed by atoms with Gasteiger partial charge in [-0.2, -0.15) is 8.78 Å². The van der Waals surface area contributed by atoms with E-state index >= 15 is 0 Å². The van der Waals surface area contributed by atoms with Gasteiger partial charge in [-0.15, -0.1) is 0 Å². The molecule has 3 N–H and O–H groups in total. The maximum atomic E-state index is 12.2. The minimum absolute atomic E-state index is 0.0946. The van der Waals surface area contributed by atoms with Gasteiger partial charge in [-0.05, 0) is 37.1 Å². The van der Waals surface area contributed by atoms with Crippen LogP contribution in [0.1, 0.15) is 32.3 Å². The Morgan fingerprint density at radius 1 is 1.53 bits per heavy atom. The third kappa shape index (κ3) is 3.33. The number of carboxylic acids is 1. The van der Waals surface area contributed by atoms with Gasteiger partial charge in [0.1, 0.15) is 5.75 Å². The molecular weight excluding hydrogens is 256 g/mol. The summed E-state index contributed by atoms with van der Waals surface area (Å²) in [7, 11) is 0. The predicted molar refractivity (Wildman–Crippen MR) is 67.4 cm³/mol. The van der Waals surface area contributed by atoms with Crippen LogP contribution in [-0.4, -0.2) is 17.7 Å². The number of hydrogen-bond donors (Lipinski definition) is 2. The molecule has 0 saturated heterocycles. The van der Waals surface area contributed by atoms with Crippen molar-refractivity contribution in [1.29, 1.82) is 0 Å². The first-order chi connectivity index (χ1) is 8.81. The second-order valence-corrected chi connectivity index (χ2v) is 4.51. The van der Waals surface area contributed by atoms with Gasteiger partial charge < -0.3 is 15.6 Å². The highest BCUT2D eigenvalue weighted by molar-refractivity contribution is 5.83. The van der Waals surface area contributed by atoms with Crippen LogP contribution < -0.4 is 10.5 Å². The third-order valence-corrected chi connectivity index (χ3v) is 3.07. The number of nitrogens with two attached hydrogens (primary N) is 1. The molecule has 0 aromatic heterocycles. The summed E-state index contributed by atoms with van der Waals surface area (Å²) < 4.78 is 28.7. The fourth-order valence-corrected chi connectivity index (χ4v) is 2.05. The van der Waals surface area contributed by atoms with Gasteiger partial charge in [0.15, 0.2) is 0 Å². The minimum Gasteiger partial charge on any atom is -0.481 e. The molecule has 19 heavy (non-hydrogen) atoms. The molecular formula is C13H17F2NO3. The molecule has 0 radical (unpaired) electrons. The van der Waals surface area contributed by atoms with Crippen molar-refractivity contribution >= 4 is 11.7 Å². The summed E-state index contributed by atoms with van der Waals surface area (Å²) in [5, 5.41) is 9.37. The SMILES string of the molecule is CCCC(C)(C(=O)O)c1cc(OC(F)F)ccc1N. The zero-order valence-corrected chi connectivity index (χ0v) is 10.8. The molecule has 106 valence electrons. The first kappa shape index (κ1) is 15.2. The molecule has 6 heteroatoms.